The van der Waals surface area contributed by atoms with Gasteiger partial charge in [0.2, 0.25) is 23.4 Å². The first-order chi connectivity index (χ1) is 44.4. The smallest absolute Gasteiger partial charge is 0.388 e. The van der Waals surface area contributed by atoms with Crippen LogP contribution in [0.3, 0.4) is 0 Å². The maximum atomic E-state index is 14.9. The molecule has 4 aliphatic heterocycles. The molecule has 0 aliphatic carbocycles. The summed E-state index contributed by atoms with van der Waals surface area (Å²) in [4.78, 5) is 169. The maximum Gasteiger partial charge on any atom is 0.469 e. The lowest BCUT2D eigenvalue weighted by Gasteiger charge is -2.21. The number of aliphatic hydroxyl groups is 4. The van der Waals surface area contributed by atoms with E-state index in [9.17, 15) is 94.6 Å². The third-order valence-corrected chi connectivity index (χ3v) is 12.9. The number of H-pyrrole nitrogens is 4. The Morgan fingerprint density at radius 2 is 0.696 bits per heavy atom. The van der Waals surface area contributed by atoms with Gasteiger partial charge in [-0.25, -0.2) is 55.0 Å². The van der Waals surface area contributed by atoms with E-state index in [1.807, 2.05) is 28.7 Å². The molecule has 0 radical (unpaired) electrons. The molecule has 4 saturated heterocycles. The molecule has 0 unspecified atom stereocenters. The Morgan fingerprint density at radius 1 is 0.457 bits per heavy atom. The van der Waals surface area contributed by atoms with Crippen molar-refractivity contribution in [2.75, 3.05) is 26.3 Å². The van der Waals surface area contributed by atoms with Gasteiger partial charge in [-0.2, -0.15) is 0 Å². The number of ether oxygens (including phenoxy) is 4. The Bertz CT molecular complexity index is 4640. The fourth-order valence-electron chi connectivity index (χ4n) is 7.59. The number of hydrogen-bond donors (Lipinski definition) is 16. The first-order valence-corrected chi connectivity index (χ1v) is 30.0. The minimum absolute atomic E-state index is 0.211. The number of nitrogens with zero attached hydrogens (tertiary/aromatic N) is 4. The average molecular weight is 1410 g/mol. The SMILES string of the molecule is C#Cc1cn([C@@H]2O[C@](F)(COP(=O)(O)O)C[C@H]2O)c(=O)[nH]c1=O.[2H]C([2H])(OP(=O)(O)O)[C@]1(F)C[C@@H](O)[C@H](n2cc(C#C)c(=O)[nH]c2=O)O1.[2H]C([2H])(OP(=O)(O)O)[C@]1(F)C[C@@H](O)[C@]([2H])(n2cc(C#C)c(=O)[nH]c2=O)O1.[2H][C@@]1(n2cc(C#C)c(=O)[nH]c2=O)O[C@](F)(COP(=O)(O)O)C[C@H]1O. The van der Waals surface area contributed by atoms with Crippen molar-refractivity contribution >= 4 is 31.3 Å². The maximum absolute atomic E-state index is 14.9. The summed E-state index contributed by atoms with van der Waals surface area (Å²) in [6.07, 6.45) is 2.54. The Hall–Kier alpha value is -7.20. The second kappa shape index (κ2) is 29.0. The number of aromatic amines is 4. The van der Waals surface area contributed by atoms with Crippen molar-refractivity contribution in [2.45, 2.75) is 98.4 Å². The van der Waals surface area contributed by atoms with E-state index in [2.05, 4.69) is 22.8 Å². The minimum Gasteiger partial charge on any atom is -0.388 e. The van der Waals surface area contributed by atoms with Gasteiger partial charge in [0.1, 0.15) is 73.0 Å². The number of alkyl halides is 4. The molecule has 4 aromatic rings. The van der Waals surface area contributed by atoms with Crippen LogP contribution in [0.4, 0.5) is 17.6 Å². The van der Waals surface area contributed by atoms with Crippen molar-refractivity contribution < 1.29 is 141 Å². The number of hydrogen-bond acceptors (Lipinski definition) is 24. The number of phosphoric acid groups is 4. The third-order valence-electron chi connectivity index (χ3n) is 11.4. The molecular formula is C44H48F4N8O32P4. The topological polar surface area (TPSA) is 604 Å². The Balaban J connectivity index is 0.000000236. The van der Waals surface area contributed by atoms with Crippen molar-refractivity contribution in [3.05, 3.63) is 130 Å². The van der Waals surface area contributed by atoms with Crippen LogP contribution in [0.15, 0.2) is 63.1 Å². The zero-order valence-electron chi connectivity index (χ0n) is 50.9. The zero-order chi connectivity index (χ0) is 75.1. The normalized spacial score (nSPS) is 30.7. The molecular weight excluding hydrogens is 1350 g/mol. The molecule has 92 heavy (non-hydrogen) atoms. The van der Waals surface area contributed by atoms with Crippen LogP contribution in [0.5, 0.6) is 0 Å². The van der Waals surface area contributed by atoms with Gasteiger partial charge in [0.25, 0.3) is 22.2 Å². The summed E-state index contributed by atoms with van der Waals surface area (Å²) >= 11 is 0. The van der Waals surface area contributed by atoms with Gasteiger partial charge >= 0.3 is 54.0 Å². The number of nitrogens with one attached hydrogen (secondary N) is 4. The van der Waals surface area contributed by atoms with E-state index < -0.39 is 207 Å². The molecule has 40 nitrogen and oxygen atoms in total. The van der Waals surface area contributed by atoms with Crippen LogP contribution in [-0.4, -0.2) is 172 Å². The van der Waals surface area contributed by atoms with Gasteiger partial charge in [-0.1, -0.05) is 23.7 Å². The summed E-state index contributed by atoms with van der Waals surface area (Å²) in [5.74, 6) is -5.18. The highest BCUT2D eigenvalue weighted by Crippen LogP contribution is 2.47. The molecule has 0 amide bonds. The van der Waals surface area contributed by atoms with Gasteiger partial charge in [-0.15, -0.1) is 25.7 Å². The second-order valence-electron chi connectivity index (χ2n) is 18.3. The zero-order valence-corrected chi connectivity index (χ0v) is 48.5. The molecule has 8 heterocycles. The summed E-state index contributed by atoms with van der Waals surface area (Å²) in [6.45, 7) is -9.93. The van der Waals surface area contributed by atoms with Gasteiger partial charge in [0, 0.05) is 50.5 Å². The highest BCUT2D eigenvalue weighted by Gasteiger charge is 2.53. The molecule has 0 spiro atoms. The minimum atomic E-state index is -5.52. The third kappa shape index (κ3) is 20.4. The van der Waals surface area contributed by atoms with Gasteiger partial charge < -0.3 is 78.5 Å². The van der Waals surface area contributed by atoms with E-state index >= 15 is 0 Å². The Kier molecular flexibility index (Phi) is 20.9. The molecule has 504 valence electrons. The van der Waals surface area contributed by atoms with Gasteiger partial charge in [-0.05, 0) is 0 Å². The summed E-state index contributed by atoms with van der Waals surface area (Å²) in [5.41, 5.74) is -9.78. The van der Waals surface area contributed by atoms with Crippen LogP contribution in [0.2, 0.25) is 0 Å². The molecule has 4 aromatic heterocycles. The highest BCUT2D eigenvalue weighted by atomic mass is 31.2. The lowest BCUT2D eigenvalue weighted by atomic mass is 10.2. The first kappa shape index (κ1) is 66.3. The Labute approximate surface area is 513 Å². The number of halogens is 4. The largest absolute Gasteiger partial charge is 0.469 e. The van der Waals surface area contributed by atoms with E-state index in [1.54, 1.807) is 15.0 Å². The second-order valence-corrected chi connectivity index (χ2v) is 23.1. The molecule has 0 saturated carbocycles. The number of aliphatic hydroxyl groups excluding tert-OH is 4. The molecule has 8 rings (SSSR count). The molecule has 48 heteroatoms. The summed E-state index contributed by atoms with van der Waals surface area (Å²) in [6, 6.07) is 0. The van der Waals surface area contributed by atoms with Gasteiger partial charge in [0.15, 0.2) is 24.9 Å². The lowest BCUT2D eigenvalue weighted by Crippen LogP contribution is -2.37. The van der Waals surface area contributed by atoms with E-state index in [4.69, 9.17) is 87.3 Å². The molecule has 12 atom stereocenters. The lowest BCUT2D eigenvalue weighted by molar-refractivity contribution is -0.178. The molecule has 0 bridgehead atoms. The van der Waals surface area contributed by atoms with Crippen LogP contribution in [0, 0.1) is 49.4 Å². The monoisotopic (exact) mass is 1410 g/mol. The summed E-state index contributed by atoms with van der Waals surface area (Å²) in [7, 11) is -20.9. The van der Waals surface area contributed by atoms with Crippen molar-refractivity contribution in [2.24, 2.45) is 0 Å². The summed E-state index contributed by atoms with van der Waals surface area (Å²) < 4.78 is 183. The van der Waals surface area contributed by atoms with Crippen LogP contribution in [0.25, 0.3) is 0 Å². The van der Waals surface area contributed by atoms with E-state index in [-0.39, 0.29) is 21.3 Å². The number of terminal acetylenes is 4. The average Bonchev–Trinajstić information content (AvgIpc) is 1.57. The quantitative estimate of drug-likeness (QED) is 0.0282. The molecule has 0 aromatic carbocycles. The Morgan fingerprint density at radius 3 is 1.01 bits per heavy atom. The van der Waals surface area contributed by atoms with E-state index in [1.165, 1.54) is 0 Å². The van der Waals surface area contributed by atoms with Crippen molar-refractivity contribution in [3.8, 4) is 49.4 Å². The fourth-order valence-corrected chi connectivity index (χ4v) is 8.82. The predicted molar refractivity (Wildman–Crippen MR) is 287 cm³/mol. The van der Waals surface area contributed by atoms with Crippen LogP contribution in [-0.2, 0) is 55.3 Å². The molecule has 4 fully saturated rings. The summed E-state index contributed by atoms with van der Waals surface area (Å²) in [5, 5.41) is 39.7. The van der Waals surface area contributed by atoms with Crippen molar-refractivity contribution in [1.82, 2.24) is 38.2 Å². The van der Waals surface area contributed by atoms with Crippen LogP contribution < -0.4 is 45.0 Å². The van der Waals surface area contributed by atoms with Crippen molar-refractivity contribution in [1.29, 1.82) is 0 Å². The molecule has 16 N–H and O–H groups in total. The van der Waals surface area contributed by atoms with Gasteiger partial charge in [-0.3, -0.25) is 75.5 Å². The van der Waals surface area contributed by atoms with Crippen LogP contribution in [0.1, 0.15) is 81.0 Å². The standard InChI is InChI=1S/4C11H12FN2O8P/c4*1-2-6-4-14(10(17)13-8(6)16)9-7(15)3-11(12,22-9)5-21-23(18,19)20/h4*1,4,7,9,15H,3,5H2,(H,13,16,17)(H2,18,19,20)/t4*7-,9-,11+/m1111/s1/i5D2,9D;9D;5D2;. The number of phosphoric ester groups is 4. The highest BCUT2D eigenvalue weighted by molar-refractivity contribution is 7.47. The van der Waals surface area contributed by atoms with Crippen LogP contribution >= 0.6 is 31.3 Å². The predicted octanol–water partition coefficient (Wildman–Crippen LogP) is -5.71. The van der Waals surface area contributed by atoms with Crippen molar-refractivity contribution in [3.63, 3.8) is 0 Å². The molecule has 4 aliphatic rings. The first-order valence-electron chi connectivity index (χ1n) is 26.9. The fraction of sp³-hybridized carbons (Fsp3) is 0.455. The van der Waals surface area contributed by atoms with E-state index in [0.717, 1.165) is 18.6 Å². The van der Waals surface area contributed by atoms with E-state index in [0.29, 0.717) is 19.9 Å². The number of rotatable bonds is 16. The number of aromatic nitrogens is 8. The van der Waals surface area contributed by atoms with Gasteiger partial charge in [0.05, 0.1) is 8.22 Å².